The number of rotatable bonds is 2. The van der Waals surface area contributed by atoms with Crippen molar-refractivity contribution in [3.8, 4) is 22.3 Å². The van der Waals surface area contributed by atoms with E-state index in [0.717, 1.165) is 32.7 Å². The van der Waals surface area contributed by atoms with Gasteiger partial charge in [0.05, 0.1) is 1.37 Å². The molecule has 0 saturated heterocycles. The number of hydrogen-bond acceptors (Lipinski definition) is 1. The molecule has 0 N–H and O–H groups in total. The van der Waals surface area contributed by atoms with Crippen LogP contribution in [0.25, 0.3) is 76.5 Å². The van der Waals surface area contributed by atoms with E-state index in [9.17, 15) is 0 Å². The molecular weight excluding hydrogens is 448 g/mol. The van der Waals surface area contributed by atoms with Gasteiger partial charge in [0.25, 0.3) is 0 Å². The van der Waals surface area contributed by atoms with Crippen LogP contribution in [0.4, 0.5) is 0 Å². The van der Waals surface area contributed by atoms with E-state index >= 15 is 0 Å². The van der Waals surface area contributed by atoms with E-state index in [1.54, 1.807) is 0 Å². The van der Waals surface area contributed by atoms with E-state index in [0.29, 0.717) is 6.04 Å². The third-order valence-electron chi connectivity index (χ3n) is 7.57. The first kappa shape index (κ1) is 19.3. The van der Waals surface area contributed by atoms with Crippen LogP contribution >= 0.6 is 0 Å². The molecule has 0 amide bonds. The minimum Gasteiger partial charge on any atom is -0.456 e. The lowest BCUT2D eigenvalue weighted by atomic mass is 9.85. The van der Waals surface area contributed by atoms with Gasteiger partial charge in [-0.1, -0.05) is 109 Å². The average Bonchev–Trinajstić information content (AvgIpc) is 3.33. The molecule has 0 aliphatic heterocycles. The maximum absolute atomic E-state index is 7.99. The zero-order valence-corrected chi connectivity index (χ0v) is 20.0. The van der Waals surface area contributed by atoms with E-state index in [4.69, 9.17) is 5.79 Å². The molecule has 0 fully saturated rings. The summed E-state index contributed by atoms with van der Waals surface area (Å²) >= 11 is 0. The molecular formula is C36H22O. The lowest BCUT2D eigenvalue weighted by molar-refractivity contribution is 0.669. The van der Waals surface area contributed by atoms with Gasteiger partial charge in [0.15, 0.2) is 0 Å². The van der Waals surface area contributed by atoms with E-state index in [1.807, 2.05) is 30.3 Å². The summed E-state index contributed by atoms with van der Waals surface area (Å²) in [5.41, 5.74) is 6.68. The Labute approximate surface area is 215 Å². The third-order valence-corrected chi connectivity index (χ3v) is 7.57. The fourth-order valence-electron chi connectivity index (χ4n) is 5.91. The molecule has 0 saturated carbocycles. The van der Waals surface area contributed by atoms with Gasteiger partial charge in [0, 0.05) is 10.8 Å². The Kier molecular flexibility index (Phi) is 4.08. The lowest BCUT2D eigenvalue weighted by Crippen LogP contribution is -1.91. The van der Waals surface area contributed by atoms with Crippen LogP contribution < -0.4 is 0 Å². The number of hydrogen-bond donors (Lipinski definition) is 0. The van der Waals surface area contributed by atoms with Gasteiger partial charge in [-0.15, -0.1) is 0 Å². The second-order valence-corrected chi connectivity index (χ2v) is 9.64. The first-order chi connectivity index (χ1) is 18.7. The van der Waals surface area contributed by atoms with Crippen molar-refractivity contribution in [2.45, 2.75) is 0 Å². The van der Waals surface area contributed by atoms with Gasteiger partial charge in [0.2, 0.25) is 0 Å². The van der Waals surface area contributed by atoms with Crippen molar-refractivity contribution < 1.29 is 5.79 Å². The van der Waals surface area contributed by atoms with E-state index in [2.05, 4.69) is 97.1 Å². The smallest absolute Gasteiger partial charge is 0.135 e. The molecule has 0 aliphatic rings. The Morgan fingerprint density at radius 3 is 1.68 bits per heavy atom. The van der Waals surface area contributed by atoms with Crippen molar-refractivity contribution >= 4 is 54.3 Å². The van der Waals surface area contributed by atoms with Gasteiger partial charge in [0.1, 0.15) is 11.2 Å². The summed E-state index contributed by atoms with van der Waals surface area (Å²) in [5, 5.41) is 9.44. The van der Waals surface area contributed by atoms with Gasteiger partial charge in [-0.3, -0.25) is 0 Å². The second kappa shape index (κ2) is 7.81. The van der Waals surface area contributed by atoms with Gasteiger partial charge in [-0.2, -0.15) is 0 Å². The molecule has 37 heavy (non-hydrogen) atoms. The van der Waals surface area contributed by atoms with Gasteiger partial charge in [-0.25, -0.2) is 0 Å². The van der Waals surface area contributed by atoms with Gasteiger partial charge < -0.3 is 4.42 Å². The van der Waals surface area contributed by atoms with Crippen LogP contribution in [0.1, 0.15) is 1.37 Å². The van der Waals surface area contributed by atoms with Crippen molar-refractivity contribution in [1.82, 2.24) is 0 Å². The number of furan rings is 1. The topological polar surface area (TPSA) is 13.1 Å². The van der Waals surface area contributed by atoms with Crippen LogP contribution in [0.5, 0.6) is 0 Å². The SMILES string of the molecule is [2H]c1ccc2cc(-c3c4ccccc4c(-c4ccc5oc6ccccc6c5c4)c4ccccc34)ccc2c1. The number of para-hydroxylation sites is 1. The maximum atomic E-state index is 7.99. The average molecular weight is 472 g/mol. The molecule has 0 aliphatic carbocycles. The Morgan fingerprint density at radius 2 is 0.973 bits per heavy atom. The molecule has 8 aromatic rings. The molecule has 0 bridgehead atoms. The largest absolute Gasteiger partial charge is 0.456 e. The van der Waals surface area contributed by atoms with Gasteiger partial charge in [-0.05, 0) is 78.8 Å². The number of benzene rings is 7. The first-order valence-electron chi connectivity index (χ1n) is 13.1. The summed E-state index contributed by atoms with van der Waals surface area (Å²) in [6.07, 6.45) is 0. The highest BCUT2D eigenvalue weighted by atomic mass is 16.3. The second-order valence-electron chi connectivity index (χ2n) is 9.64. The minimum atomic E-state index is 0.535. The summed E-state index contributed by atoms with van der Waals surface area (Å²) < 4.78 is 14.1. The van der Waals surface area contributed by atoms with E-state index in [1.165, 1.54) is 43.8 Å². The van der Waals surface area contributed by atoms with Crippen LogP contribution in [0, 0.1) is 0 Å². The van der Waals surface area contributed by atoms with Crippen molar-refractivity contribution in [3.63, 3.8) is 0 Å². The molecule has 0 spiro atoms. The lowest BCUT2D eigenvalue weighted by Gasteiger charge is -2.18. The summed E-state index contributed by atoms with van der Waals surface area (Å²) in [6, 6.07) is 45.3. The monoisotopic (exact) mass is 471 g/mol. The fraction of sp³-hybridized carbons (Fsp3) is 0. The van der Waals surface area contributed by atoms with Crippen molar-refractivity contribution in [1.29, 1.82) is 0 Å². The highest BCUT2D eigenvalue weighted by molar-refractivity contribution is 6.22. The predicted molar refractivity (Wildman–Crippen MR) is 157 cm³/mol. The third kappa shape index (κ3) is 3.04. The molecule has 1 nitrogen and oxygen atoms in total. The summed E-state index contributed by atoms with van der Waals surface area (Å²) in [4.78, 5) is 0. The van der Waals surface area contributed by atoms with Crippen LogP contribution in [0.15, 0.2) is 138 Å². The molecule has 1 heterocycles. The van der Waals surface area contributed by atoms with Crippen molar-refractivity contribution in [2.24, 2.45) is 0 Å². The van der Waals surface area contributed by atoms with E-state index in [-0.39, 0.29) is 0 Å². The minimum absolute atomic E-state index is 0.535. The Hall–Kier alpha value is -4.88. The van der Waals surface area contributed by atoms with Crippen LogP contribution in [-0.2, 0) is 0 Å². The molecule has 8 rings (SSSR count). The summed E-state index contributed by atoms with van der Waals surface area (Å²) in [5.74, 6) is 0. The summed E-state index contributed by atoms with van der Waals surface area (Å²) in [7, 11) is 0. The van der Waals surface area contributed by atoms with Crippen LogP contribution in [0.3, 0.4) is 0 Å². The standard InChI is InChI=1S/C36H22O/c1-2-10-24-21-25(18-17-23(24)9-1)35-28-12-3-5-14-30(28)36(31-15-6-4-13-29(31)35)26-19-20-34-32(22-26)27-11-7-8-16-33(27)37-34/h1-22H/i1D. The molecule has 7 aromatic carbocycles. The normalized spacial score (nSPS) is 12.2. The quantitative estimate of drug-likeness (QED) is 0.229. The number of fused-ring (bicyclic) bond motifs is 6. The van der Waals surface area contributed by atoms with Crippen molar-refractivity contribution in [2.75, 3.05) is 0 Å². The molecule has 0 atom stereocenters. The van der Waals surface area contributed by atoms with Gasteiger partial charge >= 0.3 is 0 Å². The molecule has 0 unspecified atom stereocenters. The Morgan fingerprint density at radius 1 is 0.405 bits per heavy atom. The Bertz CT molecular complexity index is 2150. The Balaban J connectivity index is 1.47. The molecule has 0 radical (unpaired) electrons. The van der Waals surface area contributed by atoms with Crippen LogP contribution in [-0.4, -0.2) is 0 Å². The highest BCUT2D eigenvalue weighted by Crippen LogP contribution is 2.45. The predicted octanol–water partition coefficient (Wildman–Crippen LogP) is 10.4. The zero-order valence-electron chi connectivity index (χ0n) is 21.0. The molecule has 1 aromatic heterocycles. The van der Waals surface area contributed by atoms with Crippen molar-refractivity contribution in [3.05, 3.63) is 133 Å². The highest BCUT2D eigenvalue weighted by Gasteiger charge is 2.17. The summed E-state index contributed by atoms with van der Waals surface area (Å²) in [6.45, 7) is 0. The maximum Gasteiger partial charge on any atom is 0.135 e. The zero-order chi connectivity index (χ0) is 25.2. The first-order valence-corrected chi connectivity index (χ1v) is 12.6. The molecule has 1 heteroatoms. The molecule has 172 valence electrons. The fourth-order valence-corrected chi connectivity index (χ4v) is 5.91. The van der Waals surface area contributed by atoms with Crippen LogP contribution in [0.2, 0.25) is 0 Å². The van der Waals surface area contributed by atoms with E-state index < -0.39 is 0 Å².